The van der Waals surface area contributed by atoms with Crippen LogP contribution in [0.25, 0.3) is 0 Å². The van der Waals surface area contributed by atoms with E-state index in [1.54, 1.807) is 36.3 Å². The van der Waals surface area contributed by atoms with Gasteiger partial charge >= 0.3 is 5.97 Å². The summed E-state index contributed by atoms with van der Waals surface area (Å²) in [4.78, 5) is 24.8. The molecular formula is C27H38N2O7. The largest absolute Gasteiger partial charge is 0.497 e. The monoisotopic (exact) mass is 502 g/mol. The Morgan fingerprint density at radius 1 is 1.17 bits per heavy atom. The number of likely N-dealkylation sites (N-methyl/N-ethyl adjacent to an activating group) is 1. The number of aliphatic hydroxyl groups is 1. The summed E-state index contributed by atoms with van der Waals surface area (Å²) in [6.45, 7) is 7.28. The SMILES string of the molecule is CCN(Cc1ccccc1)C(=O)C(O)CCN.COc1ccc([C@@H]2OCC(C)(C)C(C(=O)O)O2)cc1. The first-order valence-corrected chi connectivity index (χ1v) is 12.0. The molecule has 36 heavy (non-hydrogen) atoms. The van der Waals surface area contributed by atoms with Crippen LogP contribution >= 0.6 is 0 Å². The number of methoxy groups -OCH3 is 1. The van der Waals surface area contributed by atoms with Crippen molar-refractivity contribution in [1.82, 2.24) is 4.90 Å². The third-order valence-corrected chi connectivity index (χ3v) is 5.82. The summed E-state index contributed by atoms with van der Waals surface area (Å²) in [6.07, 6.45) is -2.21. The molecule has 1 heterocycles. The number of carboxylic acids is 1. The quantitative estimate of drug-likeness (QED) is 0.477. The van der Waals surface area contributed by atoms with E-state index in [9.17, 15) is 19.8 Å². The number of aliphatic hydroxyl groups excluding tert-OH is 1. The van der Waals surface area contributed by atoms with Crippen molar-refractivity contribution in [3.8, 4) is 5.75 Å². The van der Waals surface area contributed by atoms with E-state index < -0.39 is 29.9 Å². The van der Waals surface area contributed by atoms with Crippen molar-refractivity contribution in [2.45, 2.75) is 52.2 Å². The molecule has 0 radical (unpaired) electrons. The molecule has 0 aliphatic carbocycles. The average Bonchev–Trinajstić information content (AvgIpc) is 2.87. The molecule has 2 aromatic carbocycles. The third kappa shape index (κ3) is 8.30. The maximum Gasteiger partial charge on any atom is 0.333 e. The van der Waals surface area contributed by atoms with Crippen molar-refractivity contribution in [1.29, 1.82) is 0 Å². The van der Waals surface area contributed by atoms with Crippen molar-refractivity contribution >= 4 is 11.9 Å². The lowest BCUT2D eigenvalue weighted by atomic mass is 9.86. The number of ether oxygens (including phenoxy) is 3. The van der Waals surface area contributed by atoms with Crippen molar-refractivity contribution in [2.24, 2.45) is 11.1 Å². The highest BCUT2D eigenvalue weighted by Gasteiger charge is 2.43. The van der Waals surface area contributed by atoms with Gasteiger partial charge in [-0.15, -0.1) is 0 Å². The second-order valence-corrected chi connectivity index (χ2v) is 9.19. The van der Waals surface area contributed by atoms with E-state index in [0.717, 1.165) is 16.9 Å². The Bertz CT molecular complexity index is 950. The first kappa shape index (κ1) is 29.3. The minimum atomic E-state index is -0.983. The smallest absolute Gasteiger partial charge is 0.333 e. The molecule has 198 valence electrons. The standard InChI is InChI=1S/C14H18O5.C13H20N2O2/c1-14(2)8-18-13(19-11(14)12(15)16)9-4-6-10(17-3)7-5-9;1-2-15(13(17)12(16)8-9-14)10-11-6-4-3-5-7-11/h4-7,11,13H,8H2,1-3H3,(H,15,16);3-7,12,16H,2,8-10,14H2,1H3/t11?,13-;/m1./s1. The molecule has 0 bridgehead atoms. The molecule has 1 amide bonds. The molecule has 9 nitrogen and oxygen atoms in total. The van der Waals surface area contributed by atoms with Gasteiger partial charge in [0.05, 0.1) is 13.7 Å². The lowest BCUT2D eigenvalue weighted by molar-refractivity contribution is -0.264. The van der Waals surface area contributed by atoms with Gasteiger partial charge in [-0.25, -0.2) is 4.79 Å². The number of carboxylic acid groups (broad SMARTS) is 1. The van der Waals surface area contributed by atoms with E-state index in [0.29, 0.717) is 32.7 Å². The molecule has 3 rings (SSSR count). The predicted molar refractivity (Wildman–Crippen MR) is 135 cm³/mol. The lowest BCUT2D eigenvalue weighted by Crippen LogP contribution is -2.47. The Kier molecular flexibility index (Phi) is 11.3. The topological polar surface area (TPSA) is 132 Å². The molecule has 2 aromatic rings. The normalized spacial score (nSPS) is 19.4. The number of nitrogens with two attached hydrogens (primary N) is 1. The van der Waals surface area contributed by atoms with Crippen LogP contribution in [0.1, 0.15) is 44.6 Å². The lowest BCUT2D eigenvalue weighted by Gasteiger charge is -2.39. The fourth-order valence-electron chi connectivity index (χ4n) is 3.68. The molecule has 1 aliphatic rings. The van der Waals surface area contributed by atoms with Gasteiger partial charge in [0.25, 0.3) is 5.91 Å². The van der Waals surface area contributed by atoms with Crippen LogP contribution in [0.2, 0.25) is 0 Å². The summed E-state index contributed by atoms with van der Waals surface area (Å²) in [7, 11) is 1.59. The fraction of sp³-hybridized carbons (Fsp3) is 0.481. The van der Waals surface area contributed by atoms with Crippen LogP contribution in [-0.2, 0) is 25.6 Å². The number of amides is 1. The molecule has 1 fully saturated rings. The summed E-state index contributed by atoms with van der Waals surface area (Å²) in [5.74, 6) is -0.483. The molecule has 2 unspecified atom stereocenters. The zero-order valence-electron chi connectivity index (χ0n) is 21.4. The van der Waals surface area contributed by atoms with Gasteiger partial charge in [-0.05, 0) is 37.6 Å². The maximum absolute atomic E-state index is 11.9. The van der Waals surface area contributed by atoms with Crippen LogP contribution in [0.5, 0.6) is 5.75 Å². The fourth-order valence-corrected chi connectivity index (χ4v) is 3.68. The van der Waals surface area contributed by atoms with Gasteiger partial charge in [0.2, 0.25) is 0 Å². The average molecular weight is 503 g/mol. The maximum atomic E-state index is 11.9. The van der Waals surface area contributed by atoms with Crippen molar-refractivity contribution in [3.63, 3.8) is 0 Å². The van der Waals surface area contributed by atoms with E-state index in [1.807, 2.05) is 51.1 Å². The molecule has 4 N–H and O–H groups in total. The van der Waals surface area contributed by atoms with Crippen LogP contribution in [-0.4, -0.2) is 66.0 Å². The zero-order valence-corrected chi connectivity index (χ0v) is 21.4. The van der Waals surface area contributed by atoms with E-state index in [-0.39, 0.29) is 5.91 Å². The number of carbonyl (C=O) groups is 2. The Hall–Kier alpha value is -2.98. The second-order valence-electron chi connectivity index (χ2n) is 9.19. The van der Waals surface area contributed by atoms with E-state index >= 15 is 0 Å². The van der Waals surface area contributed by atoms with Crippen LogP contribution in [0.15, 0.2) is 54.6 Å². The van der Waals surface area contributed by atoms with E-state index in [1.165, 1.54) is 0 Å². The number of rotatable bonds is 9. The molecule has 0 aromatic heterocycles. The molecule has 1 saturated heterocycles. The minimum absolute atomic E-state index is 0.248. The Balaban J connectivity index is 0.000000255. The Labute approximate surface area is 212 Å². The Morgan fingerprint density at radius 3 is 2.33 bits per heavy atom. The van der Waals surface area contributed by atoms with E-state index in [2.05, 4.69) is 0 Å². The molecule has 0 saturated carbocycles. The van der Waals surface area contributed by atoms with Crippen molar-refractivity contribution in [2.75, 3.05) is 26.8 Å². The zero-order chi connectivity index (χ0) is 26.7. The van der Waals surface area contributed by atoms with Crippen molar-refractivity contribution in [3.05, 3.63) is 65.7 Å². The van der Waals surface area contributed by atoms with Gasteiger partial charge in [0, 0.05) is 24.1 Å². The predicted octanol–water partition coefficient (Wildman–Crippen LogP) is 2.96. The number of nitrogens with zero attached hydrogens (tertiary/aromatic N) is 1. The molecule has 0 spiro atoms. The van der Waals surface area contributed by atoms with Gasteiger partial charge in [-0.2, -0.15) is 0 Å². The molecule has 1 aliphatic heterocycles. The number of aliphatic carboxylic acids is 1. The van der Waals surface area contributed by atoms with Crippen LogP contribution < -0.4 is 10.5 Å². The first-order valence-electron chi connectivity index (χ1n) is 12.0. The highest BCUT2D eigenvalue weighted by Crippen LogP contribution is 2.36. The molecule has 9 heteroatoms. The third-order valence-electron chi connectivity index (χ3n) is 5.82. The number of hydrogen-bond acceptors (Lipinski definition) is 7. The first-order chi connectivity index (χ1) is 17.1. The molecule has 3 atom stereocenters. The second kappa shape index (κ2) is 13.9. The van der Waals surface area contributed by atoms with Gasteiger partial charge in [-0.3, -0.25) is 4.79 Å². The molecular weight excluding hydrogens is 464 g/mol. The van der Waals surface area contributed by atoms with Crippen LogP contribution in [0.3, 0.4) is 0 Å². The number of hydrogen-bond donors (Lipinski definition) is 3. The van der Waals surface area contributed by atoms with Gasteiger partial charge in [0.1, 0.15) is 11.9 Å². The van der Waals surface area contributed by atoms with Gasteiger partial charge < -0.3 is 35.1 Å². The number of benzene rings is 2. The van der Waals surface area contributed by atoms with Gasteiger partial charge in [0.15, 0.2) is 12.4 Å². The summed E-state index contributed by atoms with van der Waals surface area (Å²) < 4.78 is 16.2. The van der Waals surface area contributed by atoms with Crippen molar-refractivity contribution < 1.29 is 34.0 Å². The van der Waals surface area contributed by atoms with E-state index in [4.69, 9.17) is 19.9 Å². The number of carbonyl (C=O) groups excluding carboxylic acids is 1. The highest BCUT2D eigenvalue weighted by molar-refractivity contribution is 5.80. The van der Waals surface area contributed by atoms with Gasteiger partial charge in [-0.1, -0.05) is 56.3 Å². The van der Waals surface area contributed by atoms with Crippen LogP contribution in [0.4, 0.5) is 0 Å². The van der Waals surface area contributed by atoms with Crippen LogP contribution in [0, 0.1) is 5.41 Å². The summed E-state index contributed by atoms with van der Waals surface area (Å²) in [6, 6.07) is 16.9. The Morgan fingerprint density at radius 2 is 1.81 bits per heavy atom. The summed E-state index contributed by atoms with van der Waals surface area (Å²) in [5.41, 5.74) is 6.62. The highest BCUT2D eigenvalue weighted by atomic mass is 16.7. The minimum Gasteiger partial charge on any atom is -0.497 e. The summed E-state index contributed by atoms with van der Waals surface area (Å²) >= 11 is 0. The summed E-state index contributed by atoms with van der Waals surface area (Å²) in [5, 5.41) is 18.8.